The Labute approximate surface area is 259 Å². The van der Waals surface area contributed by atoms with Crippen molar-refractivity contribution in [2.45, 2.75) is 13.8 Å². The minimum absolute atomic E-state index is 0.515. The maximum atomic E-state index is 9.90. The molecule has 45 heavy (non-hydrogen) atoms. The van der Waals surface area contributed by atoms with Crippen molar-refractivity contribution in [2.24, 2.45) is 0 Å². The number of fused-ring (bicyclic) bond motifs is 3. The average molecular weight is 578 g/mol. The molecular weight excluding hydrogens is 554 g/mol. The van der Waals surface area contributed by atoms with E-state index in [1.165, 1.54) is 0 Å². The van der Waals surface area contributed by atoms with Gasteiger partial charge in [-0.05, 0) is 103 Å². The van der Waals surface area contributed by atoms with Crippen molar-refractivity contribution in [3.63, 3.8) is 0 Å². The molecule has 0 spiro atoms. The van der Waals surface area contributed by atoms with Crippen molar-refractivity contribution in [2.75, 3.05) is 0 Å². The van der Waals surface area contributed by atoms with Crippen LogP contribution in [0.5, 0.6) is 0 Å². The van der Waals surface area contributed by atoms with E-state index in [9.17, 15) is 15.8 Å². The molecule has 5 aromatic carbocycles. The fraction of sp³-hybridized carbons (Fsp3) is 0.0526. The molecule has 0 bridgehead atoms. The zero-order chi connectivity index (χ0) is 31.1. The second-order valence-corrected chi connectivity index (χ2v) is 10.8. The van der Waals surface area contributed by atoms with Crippen LogP contribution in [0.3, 0.4) is 0 Å². The number of hydrogen-bond acceptors (Lipinski definition) is 6. The zero-order valence-electron chi connectivity index (χ0n) is 24.4. The predicted octanol–water partition coefficient (Wildman–Crippen LogP) is 8.20. The van der Waals surface area contributed by atoms with E-state index in [-0.39, 0.29) is 0 Å². The van der Waals surface area contributed by atoms with Gasteiger partial charge in [0.1, 0.15) is 11.6 Å². The van der Waals surface area contributed by atoms with Gasteiger partial charge in [0.05, 0.1) is 51.6 Å². The minimum Gasteiger partial charge on any atom is -0.308 e. The first kappa shape index (κ1) is 27.2. The first-order valence-corrected chi connectivity index (χ1v) is 14.3. The Morgan fingerprint density at radius 3 is 1.51 bits per heavy atom. The van der Waals surface area contributed by atoms with E-state index in [0.717, 1.165) is 55.3 Å². The summed E-state index contributed by atoms with van der Waals surface area (Å²) >= 11 is 0. The van der Waals surface area contributed by atoms with Crippen LogP contribution >= 0.6 is 0 Å². The van der Waals surface area contributed by atoms with Crippen molar-refractivity contribution in [3.05, 3.63) is 131 Å². The van der Waals surface area contributed by atoms with E-state index >= 15 is 0 Å². The molecule has 0 amide bonds. The molecule has 7 nitrogen and oxygen atoms in total. The van der Waals surface area contributed by atoms with E-state index in [2.05, 4.69) is 74.1 Å². The van der Waals surface area contributed by atoms with Crippen molar-refractivity contribution < 1.29 is 0 Å². The molecule has 0 unspecified atom stereocenters. The van der Waals surface area contributed by atoms with Crippen LogP contribution in [-0.2, 0) is 0 Å². The Kier molecular flexibility index (Phi) is 6.59. The molecule has 0 aliphatic heterocycles. The Bertz CT molecular complexity index is 2310. The van der Waals surface area contributed by atoms with Crippen LogP contribution in [0.25, 0.3) is 61.1 Å². The van der Waals surface area contributed by atoms with Crippen LogP contribution in [0.2, 0.25) is 0 Å². The topological polar surface area (TPSA) is 115 Å². The lowest BCUT2D eigenvalue weighted by atomic mass is 9.99. The second kappa shape index (κ2) is 10.9. The highest BCUT2D eigenvalue weighted by Crippen LogP contribution is 2.39. The Morgan fingerprint density at radius 2 is 1.00 bits per heavy atom. The molecule has 0 atom stereocenters. The van der Waals surface area contributed by atoms with Crippen molar-refractivity contribution in [3.8, 4) is 57.5 Å². The highest BCUT2D eigenvalue weighted by molar-refractivity contribution is 6.12. The van der Waals surface area contributed by atoms with Gasteiger partial charge in [-0.2, -0.15) is 15.8 Å². The summed E-state index contributed by atoms with van der Waals surface area (Å²) in [5.41, 5.74) is 8.97. The summed E-state index contributed by atoms with van der Waals surface area (Å²) in [6, 6.07) is 40.0. The lowest BCUT2D eigenvalue weighted by Gasteiger charge is -2.14. The van der Waals surface area contributed by atoms with Crippen molar-refractivity contribution in [1.82, 2.24) is 19.5 Å². The maximum Gasteiger partial charge on any atom is 0.165 e. The van der Waals surface area contributed by atoms with Crippen molar-refractivity contribution >= 4 is 21.8 Å². The van der Waals surface area contributed by atoms with Crippen LogP contribution < -0.4 is 0 Å². The van der Waals surface area contributed by atoms with Crippen LogP contribution in [0.1, 0.15) is 28.3 Å². The molecular formula is C38H23N7. The predicted molar refractivity (Wildman–Crippen MR) is 174 cm³/mol. The third kappa shape index (κ3) is 4.83. The number of aromatic nitrogens is 4. The summed E-state index contributed by atoms with van der Waals surface area (Å²) in [5, 5.41) is 30.9. The number of nitriles is 3. The molecule has 7 heteroatoms. The molecule has 210 valence electrons. The van der Waals surface area contributed by atoms with Crippen LogP contribution in [0.4, 0.5) is 0 Å². The van der Waals surface area contributed by atoms with E-state index < -0.39 is 0 Å². The number of nitrogens with zero attached hydrogens (tertiary/aromatic N) is 7. The fourth-order valence-corrected chi connectivity index (χ4v) is 5.89. The normalized spacial score (nSPS) is 10.8. The van der Waals surface area contributed by atoms with E-state index in [0.29, 0.717) is 34.2 Å². The number of hydrogen-bond donors (Lipinski definition) is 0. The van der Waals surface area contributed by atoms with Gasteiger partial charge in [-0.1, -0.05) is 36.4 Å². The second-order valence-electron chi connectivity index (χ2n) is 10.8. The Hall–Kier alpha value is -6.62. The first-order chi connectivity index (χ1) is 21.9. The molecule has 0 aliphatic carbocycles. The number of rotatable bonds is 4. The molecule has 0 radical (unpaired) electrons. The van der Waals surface area contributed by atoms with Gasteiger partial charge in [0.2, 0.25) is 0 Å². The van der Waals surface area contributed by atoms with E-state index in [1.807, 2.05) is 62.4 Å². The Balaban J connectivity index is 1.56. The zero-order valence-corrected chi connectivity index (χ0v) is 24.4. The van der Waals surface area contributed by atoms with Gasteiger partial charge in [-0.3, -0.25) is 0 Å². The molecule has 7 rings (SSSR count). The summed E-state index contributed by atoms with van der Waals surface area (Å²) in [6.07, 6.45) is 0. The summed E-state index contributed by atoms with van der Waals surface area (Å²) in [4.78, 5) is 13.7. The van der Waals surface area contributed by atoms with Gasteiger partial charge in [0.15, 0.2) is 5.82 Å². The van der Waals surface area contributed by atoms with Crippen LogP contribution in [0.15, 0.2) is 103 Å². The van der Waals surface area contributed by atoms with Gasteiger partial charge in [-0.15, -0.1) is 0 Å². The van der Waals surface area contributed by atoms with Gasteiger partial charge in [0, 0.05) is 16.3 Å². The molecule has 7 aromatic rings. The minimum atomic E-state index is 0.515. The van der Waals surface area contributed by atoms with E-state index in [1.54, 1.807) is 18.2 Å². The molecule has 0 saturated heterocycles. The molecule has 0 fully saturated rings. The largest absolute Gasteiger partial charge is 0.308 e. The summed E-state index contributed by atoms with van der Waals surface area (Å²) < 4.78 is 2.15. The molecule has 2 aromatic heterocycles. The van der Waals surface area contributed by atoms with Gasteiger partial charge < -0.3 is 4.57 Å². The monoisotopic (exact) mass is 577 g/mol. The molecule has 2 heterocycles. The van der Waals surface area contributed by atoms with Gasteiger partial charge >= 0.3 is 0 Å². The van der Waals surface area contributed by atoms with Crippen molar-refractivity contribution in [1.29, 1.82) is 15.8 Å². The summed E-state index contributed by atoms with van der Waals surface area (Å²) in [7, 11) is 0. The van der Waals surface area contributed by atoms with Crippen LogP contribution in [-0.4, -0.2) is 19.5 Å². The third-order valence-electron chi connectivity index (χ3n) is 7.88. The van der Waals surface area contributed by atoms with Gasteiger partial charge in [-0.25, -0.2) is 15.0 Å². The molecule has 0 aliphatic rings. The maximum absolute atomic E-state index is 9.90. The van der Waals surface area contributed by atoms with E-state index in [4.69, 9.17) is 0 Å². The first-order valence-electron chi connectivity index (χ1n) is 14.3. The SMILES string of the molecule is Cc1nc(C)nc(-c2ccc(C#N)cc2-n2c3ccc(-c4cccc(C#N)c4)cc3c3cc(-c4cccc(C#N)c4)ccc32)n1. The lowest BCUT2D eigenvalue weighted by molar-refractivity contribution is 0.926. The Morgan fingerprint density at radius 1 is 0.511 bits per heavy atom. The highest BCUT2D eigenvalue weighted by Gasteiger charge is 2.19. The van der Waals surface area contributed by atoms with Gasteiger partial charge in [0.25, 0.3) is 0 Å². The fourth-order valence-electron chi connectivity index (χ4n) is 5.89. The average Bonchev–Trinajstić information content (AvgIpc) is 3.40. The smallest absolute Gasteiger partial charge is 0.165 e. The summed E-state index contributed by atoms with van der Waals surface area (Å²) in [6.45, 7) is 3.68. The summed E-state index contributed by atoms with van der Waals surface area (Å²) in [5.74, 6) is 1.76. The molecule has 0 N–H and O–H groups in total. The quantitative estimate of drug-likeness (QED) is 0.208. The highest BCUT2D eigenvalue weighted by atomic mass is 15.0. The molecule has 0 saturated carbocycles. The number of benzene rings is 5. The third-order valence-corrected chi connectivity index (χ3v) is 7.88. The van der Waals surface area contributed by atoms with Crippen LogP contribution in [0, 0.1) is 47.8 Å². The standard InChI is InChI=1S/C38H23N7/c1-23-42-24(2)44-38(43-23)32-12-9-27(22-41)17-37(32)45-35-13-10-30(28-7-3-5-25(15-28)20-39)18-33(35)34-19-31(11-14-36(34)45)29-8-4-6-26(16-29)21-40/h3-19H,1-2H3. The number of aryl methyl sites for hydroxylation is 2. The lowest BCUT2D eigenvalue weighted by Crippen LogP contribution is -2.03.